The van der Waals surface area contributed by atoms with Gasteiger partial charge < -0.3 is 15.3 Å². The summed E-state index contributed by atoms with van der Waals surface area (Å²) >= 11 is 6.06. The Bertz CT molecular complexity index is 1060. The molecule has 172 valence electrons. The van der Waals surface area contributed by atoms with Crippen LogP contribution in [0.3, 0.4) is 0 Å². The van der Waals surface area contributed by atoms with E-state index in [0.29, 0.717) is 43.2 Å². The van der Waals surface area contributed by atoms with Gasteiger partial charge in [-0.2, -0.15) is 5.26 Å². The van der Waals surface area contributed by atoms with Gasteiger partial charge in [0.1, 0.15) is 17.3 Å². The number of Topliss-reactive ketones (excluding diaryl/α,β-unsaturated/α-hetero) is 1. The number of aromatic nitrogens is 1. The second-order valence-corrected chi connectivity index (χ2v) is 9.08. The van der Waals surface area contributed by atoms with Crippen LogP contribution in [0.2, 0.25) is 5.02 Å². The zero-order chi connectivity index (χ0) is 23.6. The lowest BCUT2D eigenvalue weighted by Crippen LogP contribution is -2.61. The Hall–Kier alpha value is -3.15. The highest BCUT2D eigenvalue weighted by Crippen LogP contribution is 2.41. The predicted octanol–water partition coefficient (Wildman–Crippen LogP) is 3.13. The van der Waals surface area contributed by atoms with Crippen LogP contribution in [0.15, 0.2) is 42.6 Å². The highest BCUT2D eigenvalue weighted by molar-refractivity contribution is 6.30. The molecule has 2 aromatic rings. The van der Waals surface area contributed by atoms with Gasteiger partial charge in [0, 0.05) is 50.1 Å². The van der Waals surface area contributed by atoms with E-state index >= 15 is 0 Å². The van der Waals surface area contributed by atoms with Crippen molar-refractivity contribution in [3.63, 3.8) is 0 Å². The number of amides is 1. The van der Waals surface area contributed by atoms with E-state index in [1.165, 1.54) is 11.9 Å². The van der Waals surface area contributed by atoms with Crippen LogP contribution >= 0.6 is 11.6 Å². The van der Waals surface area contributed by atoms with Gasteiger partial charge in [0.25, 0.3) is 0 Å². The molecule has 0 radical (unpaired) electrons. The topological polar surface area (TPSA) is 110 Å². The first-order valence-corrected chi connectivity index (χ1v) is 11.3. The van der Waals surface area contributed by atoms with Crippen molar-refractivity contribution in [2.45, 2.75) is 24.3 Å². The molecule has 0 saturated carbocycles. The summed E-state index contributed by atoms with van der Waals surface area (Å²) in [4.78, 5) is 33.6. The van der Waals surface area contributed by atoms with E-state index in [-0.39, 0.29) is 24.2 Å². The first-order valence-electron chi connectivity index (χ1n) is 10.9. The van der Waals surface area contributed by atoms with E-state index in [9.17, 15) is 14.7 Å². The van der Waals surface area contributed by atoms with Crippen molar-refractivity contribution < 1.29 is 14.7 Å². The number of nitriles is 1. The van der Waals surface area contributed by atoms with E-state index in [2.05, 4.69) is 15.2 Å². The number of nitrogens with one attached hydrogen (secondary N) is 1. The van der Waals surface area contributed by atoms with Gasteiger partial charge in [-0.05, 0) is 42.7 Å². The fourth-order valence-corrected chi connectivity index (χ4v) is 5.25. The molecular weight excluding hydrogens is 442 g/mol. The molecule has 2 N–H and O–H groups in total. The van der Waals surface area contributed by atoms with Gasteiger partial charge in [0.15, 0.2) is 5.78 Å². The number of hydrogen-bond acceptors (Lipinski definition) is 6. The number of pyridine rings is 1. The number of ketones is 1. The molecule has 2 aliphatic heterocycles. The van der Waals surface area contributed by atoms with E-state index in [4.69, 9.17) is 16.9 Å². The molecule has 3 heterocycles. The van der Waals surface area contributed by atoms with Gasteiger partial charge in [0.2, 0.25) is 0 Å². The summed E-state index contributed by atoms with van der Waals surface area (Å²) in [5.41, 5.74) is 0.998. The van der Waals surface area contributed by atoms with Crippen molar-refractivity contribution in [1.29, 1.82) is 5.26 Å². The molecule has 1 aromatic carbocycles. The number of nitrogens with zero attached hydrogens (tertiary/aromatic N) is 4. The number of halogens is 1. The van der Waals surface area contributed by atoms with Gasteiger partial charge in [-0.15, -0.1) is 0 Å². The molecule has 0 unspecified atom stereocenters. The number of carbonyl (C=O) groups is 2. The van der Waals surface area contributed by atoms with Gasteiger partial charge in [-0.25, -0.2) is 9.78 Å². The fourth-order valence-electron chi connectivity index (χ4n) is 5.13. The third kappa shape index (κ3) is 4.26. The minimum Gasteiger partial charge on any atom is -0.465 e. The maximum atomic E-state index is 14.0. The standard InChI is InChI=1S/C24H26ClN5O3/c1-29(23(32)33)24(15-27-14-21(24)16-2-4-18(25)5-3-16)22(31)17-8-10-30(11-9-17)20-7-6-19(12-26)28-13-20/h2-7,13,17,21,27H,8-11,14-15H2,1H3,(H,32,33)/t21-,24+/m0/s1. The molecule has 0 bridgehead atoms. The number of hydrogen-bond donors (Lipinski definition) is 2. The van der Waals surface area contributed by atoms with Crippen molar-refractivity contribution in [3.8, 4) is 6.07 Å². The van der Waals surface area contributed by atoms with E-state index in [1.807, 2.05) is 24.3 Å². The van der Waals surface area contributed by atoms with Crippen molar-refractivity contribution in [3.05, 3.63) is 58.9 Å². The number of rotatable bonds is 5. The maximum Gasteiger partial charge on any atom is 0.407 e. The van der Waals surface area contributed by atoms with Crippen LogP contribution in [-0.2, 0) is 4.79 Å². The Kier molecular flexibility index (Phi) is 6.54. The molecule has 2 saturated heterocycles. The molecular formula is C24H26ClN5O3. The fraction of sp³-hybridized carbons (Fsp3) is 0.417. The van der Waals surface area contributed by atoms with Crippen molar-refractivity contribution in [2.24, 2.45) is 5.92 Å². The predicted molar refractivity (Wildman–Crippen MR) is 124 cm³/mol. The second-order valence-electron chi connectivity index (χ2n) is 8.64. The first kappa shape index (κ1) is 23.0. The van der Waals surface area contributed by atoms with Crippen molar-refractivity contribution >= 4 is 29.2 Å². The highest BCUT2D eigenvalue weighted by Gasteiger charge is 2.56. The highest BCUT2D eigenvalue weighted by atomic mass is 35.5. The summed E-state index contributed by atoms with van der Waals surface area (Å²) in [5.74, 6) is -0.580. The molecule has 2 fully saturated rings. The summed E-state index contributed by atoms with van der Waals surface area (Å²) < 4.78 is 0. The molecule has 9 heteroatoms. The molecule has 4 rings (SSSR count). The Morgan fingerprint density at radius 1 is 1.24 bits per heavy atom. The van der Waals surface area contributed by atoms with Crippen LogP contribution in [0.1, 0.15) is 30.0 Å². The van der Waals surface area contributed by atoms with Crippen LogP contribution in [0.25, 0.3) is 0 Å². The molecule has 0 spiro atoms. The van der Waals surface area contributed by atoms with Gasteiger partial charge in [-0.3, -0.25) is 9.69 Å². The molecule has 8 nitrogen and oxygen atoms in total. The SMILES string of the molecule is CN(C(=O)O)[C@]1(C(=O)C2CCN(c3ccc(C#N)nc3)CC2)CNC[C@H]1c1ccc(Cl)cc1. The zero-order valence-electron chi connectivity index (χ0n) is 18.4. The summed E-state index contributed by atoms with van der Waals surface area (Å²) in [7, 11) is 1.49. The lowest BCUT2D eigenvalue weighted by atomic mass is 9.72. The molecule has 2 aliphatic rings. The van der Waals surface area contributed by atoms with Gasteiger partial charge >= 0.3 is 6.09 Å². The normalized spacial score (nSPS) is 23.2. The number of carboxylic acid groups (broad SMARTS) is 1. The Morgan fingerprint density at radius 2 is 1.94 bits per heavy atom. The summed E-state index contributed by atoms with van der Waals surface area (Å²) in [6, 6.07) is 12.9. The average Bonchev–Trinajstić information content (AvgIpc) is 3.29. The summed E-state index contributed by atoms with van der Waals surface area (Å²) in [6.45, 7) is 2.12. The van der Waals surface area contributed by atoms with Crippen molar-refractivity contribution in [2.75, 3.05) is 38.1 Å². The van der Waals surface area contributed by atoms with Crippen LogP contribution in [-0.4, -0.2) is 65.6 Å². The molecule has 2 atom stereocenters. The van der Waals surface area contributed by atoms with E-state index < -0.39 is 11.6 Å². The Balaban J connectivity index is 1.57. The number of piperidine rings is 1. The second kappa shape index (κ2) is 9.38. The number of anilines is 1. The van der Waals surface area contributed by atoms with Gasteiger partial charge in [-0.1, -0.05) is 23.7 Å². The quantitative estimate of drug-likeness (QED) is 0.695. The molecule has 0 aliphatic carbocycles. The number of likely N-dealkylation sites (N-methyl/N-ethyl adjacent to an activating group) is 1. The zero-order valence-corrected chi connectivity index (χ0v) is 19.1. The third-order valence-corrected chi connectivity index (χ3v) is 7.25. The smallest absolute Gasteiger partial charge is 0.407 e. The summed E-state index contributed by atoms with van der Waals surface area (Å²) in [5, 5.41) is 22.7. The lowest BCUT2D eigenvalue weighted by molar-refractivity contribution is -0.134. The summed E-state index contributed by atoms with van der Waals surface area (Å²) in [6.07, 6.45) is 1.81. The van der Waals surface area contributed by atoms with Gasteiger partial charge in [0.05, 0.1) is 11.9 Å². The van der Waals surface area contributed by atoms with Crippen LogP contribution in [0.4, 0.5) is 10.5 Å². The van der Waals surface area contributed by atoms with Crippen molar-refractivity contribution in [1.82, 2.24) is 15.2 Å². The average molecular weight is 468 g/mol. The Labute approximate surface area is 197 Å². The number of carbonyl (C=O) groups excluding carboxylic acids is 1. The van der Waals surface area contributed by atoms with Crippen LogP contribution in [0, 0.1) is 17.2 Å². The molecule has 1 aromatic heterocycles. The minimum absolute atomic E-state index is 0.0325. The van der Waals surface area contributed by atoms with Crippen LogP contribution < -0.4 is 10.2 Å². The first-order chi connectivity index (χ1) is 15.9. The monoisotopic (exact) mass is 467 g/mol. The largest absolute Gasteiger partial charge is 0.465 e. The minimum atomic E-state index is -1.18. The maximum absolute atomic E-state index is 14.0. The Morgan fingerprint density at radius 3 is 2.52 bits per heavy atom. The van der Waals surface area contributed by atoms with Crippen LogP contribution in [0.5, 0.6) is 0 Å². The lowest BCUT2D eigenvalue weighted by Gasteiger charge is -2.43. The molecule has 1 amide bonds. The van der Waals surface area contributed by atoms with E-state index in [1.54, 1.807) is 24.4 Å². The number of benzene rings is 1. The molecule has 33 heavy (non-hydrogen) atoms. The van der Waals surface area contributed by atoms with E-state index in [0.717, 1.165) is 11.3 Å². The third-order valence-electron chi connectivity index (χ3n) is 7.00.